The normalized spacial score (nSPS) is 16.1. The van der Waals surface area contributed by atoms with E-state index in [1.807, 2.05) is 43.3 Å². The fourth-order valence-electron chi connectivity index (χ4n) is 3.04. The second kappa shape index (κ2) is 7.66. The molecule has 1 aromatic heterocycles. The molecule has 1 aliphatic heterocycles. The van der Waals surface area contributed by atoms with Gasteiger partial charge in [-0.3, -0.25) is 4.79 Å². The molecule has 1 unspecified atom stereocenters. The summed E-state index contributed by atoms with van der Waals surface area (Å²) >= 11 is 7.37. The Balaban J connectivity index is 1.73. The topological polar surface area (TPSA) is 73.3 Å². The van der Waals surface area contributed by atoms with E-state index in [1.165, 1.54) is 16.4 Å². The van der Waals surface area contributed by atoms with Crippen molar-refractivity contribution in [2.75, 3.05) is 0 Å². The van der Waals surface area contributed by atoms with Gasteiger partial charge in [-0.15, -0.1) is 0 Å². The van der Waals surface area contributed by atoms with E-state index < -0.39 is 0 Å². The maximum atomic E-state index is 13.0. The van der Waals surface area contributed by atoms with Gasteiger partial charge in [0, 0.05) is 16.1 Å². The quantitative estimate of drug-likeness (QED) is 0.663. The molecule has 0 saturated carbocycles. The second-order valence-corrected chi connectivity index (χ2v) is 7.90. The lowest BCUT2D eigenvalue weighted by Gasteiger charge is -2.18. The van der Waals surface area contributed by atoms with E-state index >= 15 is 0 Å². The molecule has 3 aromatic rings. The highest BCUT2D eigenvalue weighted by molar-refractivity contribution is 8.14. The van der Waals surface area contributed by atoms with Crippen molar-refractivity contribution in [3.63, 3.8) is 0 Å². The van der Waals surface area contributed by atoms with Gasteiger partial charge in [-0.1, -0.05) is 65.8 Å². The minimum Gasteiger partial charge on any atom is -0.378 e. The van der Waals surface area contributed by atoms with E-state index in [2.05, 4.69) is 16.2 Å². The van der Waals surface area contributed by atoms with Gasteiger partial charge in [0.25, 0.3) is 5.91 Å². The third-order valence-electron chi connectivity index (χ3n) is 4.38. The van der Waals surface area contributed by atoms with Crippen molar-refractivity contribution in [1.29, 1.82) is 0 Å². The Hall–Kier alpha value is -2.83. The standard InChI is InChI=1S/C21H17ClN4OS/c1-13-18-17(12-7-14-5-3-2-4-6-14)28-21(23)24-19(18)26(25-13)20(27)15-8-10-16(22)11-9-15/h2-12,17H,1H3,(H2,23,24)/b12-7+. The first-order valence-electron chi connectivity index (χ1n) is 8.67. The van der Waals surface area contributed by atoms with Crippen LogP contribution in [-0.2, 0) is 0 Å². The van der Waals surface area contributed by atoms with Crippen LogP contribution in [0.2, 0.25) is 5.02 Å². The number of aliphatic imine (C=N–C) groups is 1. The van der Waals surface area contributed by atoms with Crippen LogP contribution in [0.5, 0.6) is 0 Å². The van der Waals surface area contributed by atoms with E-state index in [-0.39, 0.29) is 11.2 Å². The van der Waals surface area contributed by atoms with Gasteiger partial charge in [-0.05, 0) is 36.8 Å². The van der Waals surface area contributed by atoms with Crippen LogP contribution < -0.4 is 5.73 Å². The molecule has 1 aliphatic rings. The van der Waals surface area contributed by atoms with Crippen LogP contribution in [0.15, 0.2) is 65.7 Å². The number of aromatic nitrogens is 2. The number of fused-ring (bicyclic) bond motifs is 1. The molecule has 1 atom stereocenters. The highest BCUT2D eigenvalue weighted by Gasteiger charge is 2.29. The van der Waals surface area contributed by atoms with Gasteiger partial charge in [0.05, 0.1) is 10.9 Å². The van der Waals surface area contributed by atoms with Gasteiger partial charge in [0.1, 0.15) is 0 Å². The molecular weight excluding hydrogens is 392 g/mol. The van der Waals surface area contributed by atoms with Crippen LogP contribution in [0.25, 0.3) is 6.08 Å². The molecule has 0 aliphatic carbocycles. The predicted molar refractivity (Wildman–Crippen MR) is 115 cm³/mol. The Bertz CT molecular complexity index is 1090. The van der Waals surface area contributed by atoms with Gasteiger partial charge < -0.3 is 5.73 Å². The number of carbonyl (C=O) groups excluding carboxylic acids is 1. The average molecular weight is 409 g/mol. The highest BCUT2D eigenvalue weighted by Crippen LogP contribution is 2.43. The number of nitrogens with two attached hydrogens (primary N) is 1. The summed E-state index contributed by atoms with van der Waals surface area (Å²) in [4.78, 5) is 17.4. The minimum absolute atomic E-state index is 0.0699. The maximum Gasteiger partial charge on any atom is 0.280 e. The van der Waals surface area contributed by atoms with Crippen molar-refractivity contribution in [1.82, 2.24) is 9.78 Å². The highest BCUT2D eigenvalue weighted by atomic mass is 35.5. The van der Waals surface area contributed by atoms with Crippen LogP contribution in [0.1, 0.15) is 32.4 Å². The lowest BCUT2D eigenvalue weighted by Crippen LogP contribution is -2.17. The first kappa shape index (κ1) is 18.5. The number of nitrogens with zero attached hydrogens (tertiary/aromatic N) is 3. The van der Waals surface area contributed by atoms with Crippen molar-refractivity contribution in [3.05, 3.63) is 88.1 Å². The Morgan fingerprint density at radius 2 is 1.89 bits per heavy atom. The third kappa shape index (κ3) is 3.61. The molecule has 7 heteroatoms. The van der Waals surface area contributed by atoms with Crippen LogP contribution in [0.4, 0.5) is 5.82 Å². The molecule has 0 spiro atoms. The Morgan fingerprint density at radius 1 is 1.18 bits per heavy atom. The minimum atomic E-state index is -0.268. The van der Waals surface area contributed by atoms with E-state index in [0.717, 1.165) is 16.8 Å². The first-order valence-corrected chi connectivity index (χ1v) is 9.92. The molecule has 4 rings (SSSR count). The van der Waals surface area contributed by atoms with E-state index in [9.17, 15) is 4.79 Å². The SMILES string of the molecule is Cc1nn(C(=O)c2ccc(Cl)cc2)c2c1C(/C=C/c1ccccc1)SC(N)=N2. The molecule has 0 fully saturated rings. The van der Waals surface area contributed by atoms with Gasteiger partial charge in [0.15, 0.2) is 11.0 Å². The number of halogens is 1. The van der Waals surface area contributed by atoms with Crippen molar-refractivity contribution in [2.24, 2.45) is 10.7 Å². The molecule has 2 N–H and O–H groups in total. The zero-order valence-corrected chi connectivity index (χ0v) is 16.6. The number of aryl methyl sites for hydroxylation is 1. The van der Waals surface area contributed by atoms with Gasteiger partial charge in [-0.2, -0.15) is 9.78 Å². The monoisotopic (exact) mass is 408 g/mol. The van der Waals surface area contributed by atoms with E-state index in [1.54, 1.807) is 24.3 Å². The molecule has 28 heavy (non-hydrogen) atoms. The molecule has 5 nitrogen and oxygen atoms in total. The van der Waals surface area contributed by atoms with Crippen molar-refractivity contribution < 1.29 is 4.79 Å². The molecule has 0 amide bonds. The summed E-state index contributed by atoms with van der Waals surface area (Å²) in [5, 5.41) is 5.36. The Kier molecular flexibility index (Phi) is 5.07. The predicted octanol–water partition coefficient (Wildman–Crippen LogP) is 4.98. The maximum absolute atomic E-state index is 13.0. The van der Waals surface area contributed by atoms with Crippen molar-refractivity contribution in [3.8, 4) is 0 Å². The number of thioether (sulfide) groups is 1. The molecule has 2 aromatic carbocycles. The largest absolute Gasteiger partial charge is 0.378 e. The lowest BCUT2D eigenvalue weighted by atomic mass is 10.1. The fourth-order valence-corrected chi connectivity index (χ4v) is 4.12. The van der Waals surface area contributed by atoms with E-state index in [4.69, 9.17) is 17.3 Å². The molecule has 0 saturated heterocycles. The summed E-state index contributed by atoms with van der Waals surface area (Å²) in [7, 11) is 0. The summed E-state index contributed by atoms with van der Waals surface area (Å²) in [6.45, 7) is 1.88. The molecular formula is C21H17ClN4OS. The number of benzene rings is 2. The Morgan fingerprint density at radius 3 is 2.61 bits per heavy atom. The fraction of sp³-hybridized carbons (Fsp3) is 0.0952. The lowest BCUT2D eigenvalue weighted by molar-refractivity contribution is 0.0947. The zero-order chi connectivity index (χ0) is 19.7. The van der Waals surface area contributed by atoms with Crippen LogP contribution in [-0.4, -0.2) is 20.9 Å². The summed E-state index contributed by atoms with van der Waals surface area (Å²) < 4.78 is 1.32. The molecule has 140 valence electrons. The summed E-state index contributed by atoms with van der Waals surface area (Å²) in [6.07, 6.45) is 4.10. The number of hydrogen-bond donors (Lipinski definition) is 1. The van der Waals surface area contributed by atoms with Crippen LogP contribution in [0.3, 0.4) is 0 Å². The molecule has 0 bridgehead atoms. The summed E-state index contributed by atoms with van der Waals surface area (Å²) in [5.74, 6) is 0.215. The van der Waals surface area contributed by atoms with E-state index in [0.29, 0.717) is 21.6 Å². The van der Waals surface area contributed by atoms with Gasteiger partial charge >= 0.3 is 0 Å². The second-order valence-electron chi connectivity index (χ2n) is 6.30. The number of carbonyl (C=O) groups is 1. The number of rotatable bonds is 3. The van der Waals surface area contributed by atoms with Crippen molar-refractivity contribution >= 4 is 46.3 Å². The molecule has 0 radical (unpaired) electrons. The van der Waals surface area contributed by atoms with Crippen molar-refractivity contribution in [2.45, 2.75) is 12.2 Å². The molecule has 2 heterocycles. The first-order chi connectivity index (χ1) is 13.5. The Labute approximate surface area is 171 Å². The summed E-state index contributed by atoms with van der Waals surface area (Å²) in [5.41, 5.74) is 9.28. The number of amidine groups is 1. The van der Waals surface area contributed by atoms with Gasteiger partial charge in [0.2, 0.25) is 0 Å². The van der Waals surface area contributed by atoms with Crippen LogP contribution in [0, 0.1) is 6.92 Å². The third-order valence-corrected chi connectivity index (χ3v) is 5.61. The summed E-state index contributed by atoms with van der Waals surface area (Å²) in [6, 6.07) is 16.7. The van der Waals surface area contributed by atoms with Gasteiger partial charge in [-0.25, -0.2) is 4.99 Å². The smallest absolute Gasteiger partial charge is 0.280 e. The number of hydrogen-bond acceptors (Lipinski definition) is 5. The zero-order valence-electron chi connectivity index (χ0n) is 15.0. The average Bonchev–Trinajstić information content (AvgIpc) is 3.03. The van der Waals surface area contributed by atoms with Crippen LogP contribution >= 0.6 is 23.4 Å².